The van der Waals surface area contributed by atoms with E-state index in [4.69, 9.17) is 0 Å². The first-order valence-electron chi connectivity index (χ1n) is 8.44. The number of carbonyl (C=O) groups excluding carboxylic acids is 4. The highest BCUT2D eigenvalue weighted by molar-refractivity contribution is 8.43. The lowest BCUT2D eigenvalue weighted by Crippen LogP contribution is -2.29. The van der Waals surface area contributed by atoms with Crippen molar-refractivity contribution in [3.63, 3.8) is 0 Å². The lowest BCUT2D eigenvalue weighted by molar-refractivity contribution is -0.107. The molecule has 0 aliphatic rings. The highest BCUT2D eigenvalue weighted by atomic mass is 32.3. The summed E-state index contributed by atoms with van der Waals surface area (Å²) >= 11 is 11.0. The van der Waals surface area contributed by atoms with E-state index in [1.54, 1.807) is 47.0 Å². The maximum atomic E-state index is 11.7. The quantitative estimate of drug-likeness (QED) is 0.140. The van der Waals surface area contributed by atoms with E-state index in [2.05, 4.69) is 33.2 Å². The van der Waals surface area contributed by atoms with Gasteiger partial charge >= 0.3 is 0 Å². The fourth-order valence-corrected chi connectivity index (χ4v) is 13.3. The molecule has 4 nitrogen and oxygen atoms in total. The molecular weight excluding hydrogens is 549 g/mol. The van der Waals surface area contributed by atoms with Crippen molar-refractivity contribution < 1.29 is 19.2 Å². The molecule has 0 aromatic carbocycles. The zero-order chi connectivity index (χ0) is 23.7. The van der Waals surface area contributed by atoms with Crippen molar-refractivity contribution in [2.24, 2.45) is 0 Å². The Morgan fingerprint density at radius 2 is 0.935 bits per heavy atom. The Balaban J connectivity index is 5.45. The molecule has 0 saturated heterocycles. The molecule has 0 N–H and O–H groups in total. The second-order valence-electron chi connectivity index (χ2n) is 4.99. The van der Waals surface area contributed by atoms with Gasteiger partial charge in [0.15, 0.2) is 0 Å². The second kappa shape index (κ2) is 18.8. The molecule has 0 amide bonds. The van der Waals surface area contributed by atoms with Crippen molar-refractivity contribution in [1.82, 2.24) is 0 Å². The Labute approximate surface area is 218 Å². The van der Waals surface area contributed by atoms with Crippen molar-refractivity contribution in [1.29, 1.82) is 0 Å². The minimum absolute atomic E-state index is 0.0379. The first-order chi connectivity index (χ1) is 14.7. The van der Waals surface area contributed by atoms with Crippen LogP contribution in [0.2, 0.25) is 0 Å². The normalized spacial score (nSPS) is 11.9. The summed E-state index contributed by atoms with van der Waals surface area (Å²) in [7, 11) is 0. The molecule has 31 heavy (non-hydrogen) atoms. The van der Waals surface area contributed by atoms with Crippen LogP contribution < -0.4 is 0 Å². The summed E-state index contributed by atoms with van der Waals surface area (Å²) < 4.78 is -0.459. The molecule has 1 unspecified atom stereocenters. The Hall–Kier alpha value is 0.440. The molecule has 0 rings (SSSR count). The summed E-state index contributed by atoms with van der Waals surface area (Å²) in [6.07, 6.45) is 5.12. The lowest BCUT2D eigenvalue weighted by atomic mass is 10.5. The Bertz CT molecular complexity index is 615. The van der Waals surface area contributed by atoms with E-state index in [0.717, 1.165) is 35.3 Å². The standard InChI is InChI=1S/C19H24O4S8/c1-6-15(20)25-10-24-14(5)19(29-11-26-16(21)7-2,30-12-27-17(22)8-3)31-13-28-18(23)9-4/h6-9,14H,1-4,10-13H2,5H3. The van der Waals surface area contributed by atoms with Gasteiger partial charge < -0.3 is 0 Å². The Morgan fingerprint density at radius 1 is 0.645 bits per heavy atom. The largest absolute Gasteiger partial charge is 0.282 e. The van der Waals surface area contributed by atoms with E-state index in [-0.39, 0.29) is 25.7 Å². The van der Waals surface area contributed by atoms with Gasteiger partial charge in [-0.1, -0.05) is 80.3 Å². The topological polar surface area (TPSA) is 68.3 Å². The van der Waals surface area contributed by atoms with Gasteiger partial charge in [-0.25, -0.2) is 0 Å². The molecule has 1 atom stereocenters. The molecule has 0 bridgehead atoms. The van der Waals surface area contributed by atoms with Crippen LogP contribution in [-0.2, 0) is 19.2 Å². The van der Waals surface area contributed by atoms with Gasteiger partial charge in [-0.15, -0.1) is 47.0 Å². The van der Waals surface area contributed by atoms with Crippen LogP contribution in [0.3, 0.4) is 0 Å². The fraction of sp³-hybridized carbons (Fsp3) is 0.368. The summed E-state index contributed by atoms with van der Waals surface area (Å²) in [4.78, 5) is 46.6. The van der Waals surface area contributed by atoms with Crippen LogP contribution in [0.25, 0.3) is 0 Å². The van der Waals surface area contributed by atoms with Gasteiger partial charge in [0.25, 0.3) is 0 Å². The highest BCUT2D eigenvalue weighted by Gasteiger charge is 2.39. The van der Waals surface area contributed by atoms with Crippen molar-refractivity contribution in [2.75, 3.05) is 20.3 Å². The van der Waals surface area contributed by atoms with E-state index in [1.165, 1.54) is 36.1 Å². The maximum absolute atomic E-state index is 11.7. The predicted octanol–water partition coefficient (Wildman–Crippen LogP) is 6.57. The summed E-state index contributed by atoms with van der Waals surface area (Å²) in [6, 6.07) is 0. The third kappa shape index (κ3) is 14.3. The number of hydrogen-bond donors (Lipinski definition) is 0. The van der Waals surface area contributed by atoms with Crippen LogP contribution in [0.15, 0.2) is 50.6 Å². The zero-order valence-corrected chi connectivity index (χ0v) is 23.5. The fourth-order valence-electron chi connectivity index (χ4n) is 1.52. The van der Waals surface area contributed by atoms with E-state index in [1.807, 2.05) is 0 Å². The minimum Gasteiger partial charge on any atom is -0.282 e. The van der Waals surface area contributed by atoms with Gasteiger partial charge in [0.2, 0.25) is 20.5 Å². The van der Waals surface area contributed by atoms with Crippen LogP contribution in [0, 0.1) is 0 Å². The van der Waals surface area contributed by atoms with Gasteiger partial charge in [-0.05, 0) is 24.3 Å². The highest BCUT2D eigenvalue weighted by Crippen LogP contribution is 2.55. The lowest BCUT2D eigenvalue weighted by Gasteiger charge is -2.37. The van der Waals surface area contributed by atoms with Gasteiger partial charge in [-0.2, -0.15) is 0 Å². The van der Waals surface area contributed by atoms with Crippen LogP contribution >= 0.6 is 94.1 Å². The third-order valence-electron chi connectivity index (χ3n) is 3.07. The predicted molar refractivity (Wildman–Crippen MR) is 153 cm³/mol. The maximum Gasteiger partial charge on any atom is 0.212 e. The number of carbonyl (C=O) groups is 4. The minimum atomic E-state index is -0.459. The Kier molecular flexibility index (Phi) is 19.1. The summed E-state index contributed by atoms with van der Waals surface area (Å²) in [5.41, 5.74) is 0. The van der Waals surface area contributed by atoms with Crippen molar-refractivity contribution in [3.8, 4) is 0 Å². The second-order valence-corrected chi connectivity index (χ2v) is 16.1. The van der Waals surface area contributed by atoms with E-state index in [0.29, 0.717) is 20.3 Å². The SMILES string of the molecule is C=CC(=O)SCSC(C)C(SCSC(=O)C=C)(SCSC(=O)C=C)SCSC(=O)C=C. The van der Waals surface area contributed by atoms with Gasteiger partial charge in [0.05, 0.1) is 0 Å². The molecule has 0 radical (unpaired) electrons. The van der Waals surface area contributed by atoms with Crippen molar-refractivity contribution in [2.45, 2.75) is 15.6 Å². The molecule has 0 aromatic rings. The molecule has 12 heteroatoms. The molecule has 172 valence electrons. The molecule has 0 aliphatic carbocycles. The van der Waals surface area contributed by atoms with Crippen molar-refractivity contribution >= 4 is 115 Å². The molecule has 0 saturated carbocycles. The zero-order valence-electron chi connectivity index (χ0n) is 16.9. The van der Waals surface area contributed by atoms with Crippen LogP contribution in [0.4, 0.5) is 0 Å². The Morgan fingerprint density at radius 3 is 1.23 bits per heavy atom. The van der Waals surface area contributed by atoms with Crippen LogP contribution in [0.5, 0.6) is 0 Å². The molecule has 0 aromatic heterocycles. The van der Waals surface area contributed by atoms with E-state index >= 15 is 0 Å². The average molecular weight is 573 g/mol. The van der Waals surface area contributed by atoms with Crippen LogP contribution in [0.1, 0.15) is 6.92 Å². The van der Waals surface area contributed by atoms with E-state index < -0.39 is 3.41 Å². The first kappa shape index (κ1) is 31.4. The van der Waals surface area contributed by atoms with Gasteiger partial charge in [0.1, 0.15) is 3.41 Å². The molecule has 0 aliphatic heterocycles. The molecule has 0 spiro atoms. The monoisotopic (exact) mass is 572 g/mol. The molecule has 0 fully saturated rings. The summed E-state index contributed by atoms with van der Waals surface area (Å²) in [6.45, 7) is 16.0. The molecular formula is C19H24O4S8. The van der Waals surface area contributed by atoms with Gasteiger partial charge in [-0.3, -0.25) is 19.2 Å². The number of rotatable bonds is 17. The summed E-state index contributed by atoms with van der Waals surface area (Å²) in [5, 5.41) is 1.63. The van der Waals surface area contributed by atoms with Crippen molar-refractivity contribution in [3.05, 3.63) is 50.6 Å². The number of thioether (sulfide) groups is 8. The first-order valence-corrected chi connectivity index (χ1v) is 16.4. The smallest absolute Gasteiger partial charge is 0.212 e. The van der Waals surface area contributed by atoms with Gasteiger partial charge in [0, 0.05) is 25.6 Å². The third-order valence-corrected chi connectivity index (χ3v) is 14.4. The summed E-state index contributed by atoms with van der Waals surface area (Å²) in [5.74, 6) is 0. The van der Waals surface area contributed by atoms with Crippen LogP contribution in [-0.4, -0.2) is 49.5 Å². The average Bonchev–Trinajstić information content (AvgIpc) is 2.77. The molecule has 0 heterocycles. The number of hydrogen-bond acceptors (Lipinski definition) is 12. The van der Waals surface area contributed by atoms with E-state index in [9.17, 15) is 19.2 Å².